The van der Waals surface area contributed by atoms with Crippen LogP contribution in [0, 0.1) is 0 Å². The summed E-state index contributed by atoms with van der Waals surface area (Å²) < 4.78 is 77.2. The van der Waals surface area contributed by atoms with E-state index in [4.69, 9.17) is 0 Å². The number of pyridine rings is 1. The summed E-state index contributed by atoms with van der Waals surface area (Å²) in [6.07, 6.45) is -13.9. The van der Waals surface area contributed by atoms with Gasteiger partial charge in [-0.05, 0) is 6.07 Å². The molecule has 9 heteroatoms. The van der Waals surface area contributed by atoms with Gasteiger partial charge in [-0.15, -0.1) is 0 Å². The Morgan fingerprint density at radius 1 is 1.17 bits per heavy atom. The van der Waals surface area contributed by atoms with Crippen LogP contribution >= 0.6 is 0 Å². The molecule has 0 saturated carbocycles. The summed E-state index contributed by atoms with van der Waals surface area (Å²) in [4.78, 5) is 3.64. The highest BCUT2D eigenvalue weighted by Crippen LogP contribution is 2.36. The third-order valence-electron chi connectivity index (χ3n) is 1.84. The van der Waals surface area contributed by atoms with Gasteiger partial charge in [0.1, 0.15) is 11.6 Å². The average molecular weight is 274 g/mol. The molecule has 1 rings (SSSR count). The normalized spacial score (nSPS) is 12.7. The number of halogens is 6. The minimum Gasteiger partial charge on any atom is -0.471 e. The zero-order valence-electron chi connectivity index (χ0n) is 8.93. The second-order valence-corrected chi connectivity index (χ2v) is 3.21. The summed E-state index contributed by atoms with van der Waals surface area (Å²) in [5.74, 6) is -0.482. The van der Waals surface area contributed by atoms with E-state index in [1.807, 2.05) is 0 Å². The Bertz CT molecular complexity index is 389. The van der Waals surface area contributed by atoms with Crippen molar-refractivity contribution in [3.8, 4) is 5.75 Å². The Kier molecular flexibility index (Phi) is 3.92. The van der Waals surface area contributed by atoms with Crippen LogP contribution in [0.25, 0.3) is 0 Å². The molecule has 0 atom stereocenters. The number of aromatic nitrogens is 1. The van der Waals surface area contributed by atoms with Gasteiger partial charge in [0, 0.05) is 19.3 Å². The van der Waals surface area contributed by atoms with Crippen LogP contribution in [0.5, 0.6) is 5.75 Å². The maximum atomic E-state index is 12.2. The van der Waals surface area contributed by atoms with Gasteiger partial charge >= 0.3 is 12.4 Å². The molecule has 18 heavy (non-hydrogen) atoms. The number of hydrogen-bond acceptors (Lipinski definition) is 3. The van der Waals surface area contributed by atoms with E-state index in [2.05, 4.69) is 15.0 Å². The first-order valence-corrected chi connectivity index (χ1v) is 4.58. The van der Waals surface area contributed by atoms with Crippen LogP contribution in [-0.2, 0) is 0 Å². The molecule has 0 bridgehead atoms. The topological polar surface area (TPSA) is 34.1 Å². The number of nitrogens with zero attached hydrogens (tertiary/aromatic N) is 1. The molecule has 0 fully saturated rings. The Balaban J connectivity index is 2.97. The molecule has 0 unspecified atom stereocenters. The van der Waals surface area contributed by atoms with Crippen LogP contribution in [0.4, 0.5) is 32.2 Å². The van der Waals surface area contributed by atoms with Crippen molar-refractivity contribution in [2.75, 3.05) is 12.4 Å². The maximum Gasteiger partial charge on any atom is 0.434 e. The first kappa shape index (κ1) is 14.4. The van der Waals surface area contributed by atoms with Crippen LogP contribution < -0.4 is 10.1 Å². The molecule has 1 heterocycles. The Labute approximate surface area is 97.8 Å². The summed E-state index contributed by atoms with van der Waals surface area (Å²) in [5, 5.41) is 2.46. The molecule has 102 valence electrons. The van der Waals surface area contributed by atoms with Crippen LogP contribution in [0.3, 0.4) is 0 Å². The van der Waals surface area contributed by atoms with Gasteiger partial charge in [-0.1, -0.05) is 0 Å². The van der Waals surface area contributed by atoms with Gasteiger partial charge in [0.15, 0.2) is 0 Å². The quantitative estimate of drug-likeness (QED) is 0.860. The van der Waals surface area contributed by atoms with Gasteiger partial charge in [-0.3, -0.25) is 0 Å². The molecule has 0 aromatic carbocycles. The van der Waals surface area contributed by atoms with E-state index in [0.717, 1.165) is 18.3 Å². The lowest BCUT2D eigenvalue weighted by molar-refractivity contribution is -0.299. The smallest absolute Gasteiger partial charge is 0.434 e. The highest BCUT2D eigenvalue weighted by Gasteiger charge is 2.59. The van der Waals surface area contributed by atoms with E-state index in [1.165, 1.54) is 7.05 Å². The Morgan fingerprint density at radius 3 is 2.17 bits per heavy atom. The van der Waals surface area contributed by atoms with E-state index in [0.29, 0.717) is 0 Å². The van der Waals surface area contributed by atoms with E-state index < -0.39 is 24.2 Å². The molecule has 0 aliphatic carbocycles. The Morgan fingerprint density at radius 2 is 1.72 bits per heavy atom. The molecule has 0 amide bonds. The van der Waals surface area contributed by atoms with Crippen molar-refractivity contribution in [1.29, 1.82) is 0 Å². The SMILES string of the molecule is CNc1cc(OC(C(F)(F)F)C(F)(F)F)ccn1. The largest absolute Gasteiger partial charge is 0.471 e. The monoisotopic (exact) mass is 274 g/mol. The lowest BCUT2D eigenvalue weighted by atomic mass is 10.3. The number of anilines is 1. The third-order valence-corrected chi connectivity index (χ3v) is 1.84. The van der Waals surface area contributed by atoms with Gasteiger partial charge in [0.05, 0.1) is 0 Å². The van der Waals surface area contributed by atoms with Crippen LogP contribution in [0.15, 0.2) is 18.3 Å². The molecule has 0 aliphatic heterocycles. The van der Waals surface area contributed by atoms with E-state index >= 15 is 0 Å². The van der Waals surface area contributed by atoms with Crippen molar-refractivity contribution in [2.45, 2.75) is 18.5 Å². The van der Waals surface area contributed by atoms with Crippen molar-refractivity contribution in [3.63, 3.8) is 0 Å². The number of rotatable bonds is 3. The zero-order chi connectivity index (χ0) is 14.0. The lowest BCUT2D eigenvalue weighted by Gasteiger charge is -2.23. The molecule has 0 spiro atoms. The predicted octanol–water partition coefficient (Wildman–Crippen LogP) is 3.00. The van der Waals surface area contributed by atoms with Crippen molar-refractivity contribution >= 4 is 5.82 Å². The fraction of sp³-hybridized carbons (Fsp3) is 0.444. The summed E-state index contributed by atoms with van der Waals surface area (Å²) in [5.41, 5.74) is 0. The van der Waals surface area contributed by atoms with Gasteiger partial charge in [-0.2, -0.15) is 26.3 Å². The fourth-order valence-electron chi connectivity index (χ4n) is 1.08. The number of ether oxygens (including phenoxy) is 1. The number of hydrogen-bond donors (Lipinski definition) is 1. The highest BCUT2D eigenvalue weighted by atomic mass is 19.4. The molecule has 3 nitrogen and oxygen atoms in total. The van der Waals surface area contributed by atoms with Crippen LogP contribution in [0.1, 0.15) is 0 Å². The zero-order valence-corrected chi connectivity index (χ0v) is 8.93. The first-order valence-electron chi connectivity index (χ1n) is 4.58. The minimum absolute atomic E-state index is 0.0931. The summed E-state index contributed by atoms with van der Waals surface area (Å²) in [7, 11) is 1.41. The third kappa shape index (κ3) is 3.67. The molecule has 1 aromatic heterocycles. The second-order valence-electron chi connectivity index (χ2n) is 3.21. The van der Waals surface area contributed by atoms with Gasteiger partial charge in [0.2, 0.25) is 0 Å². The fourth-order valence-corrected chi connectivity index (χ4v) is 1.08. The molecular formula is C9H8F6N2O. The standard InChI is InChI=1S/C9H8F6N2O/c1-16-6-4-5(2-3-17-6)18-7(8(10,11)12)9(13,14)15/h2-4,7H,1H3,(H,16,17). The maximum absolute atomic E-state index is 12.2. The van der Waals surface area contributed by atoms with Crippen molar-refractivity contribution in [2.24, 2.45) is 0 Å². The lowest BCUT2D eigenvalue weighted by Crippen LogP contribution is -2.46. The van der Waals surface area contributed by atoms with E-state index in [9.17, 15) is 26.3 Å². The van der Waals surface area contributed by atoms with Gasteiger partial charge in [-0.25, -0.2) is 4.98 Å². The van der Waals surface area contributed by atoms with Gasteiger partial charge < -0.3 is 10.1 Å². The highest BCUT2D eigenvalue weighted by molar-refractivity contribution is 5.39. The molecular weight excluding hydrogens is 266 g/mol. The summed E-state index contributed by atoms with van der Waals surface area (Å²) in [6.45, 7) is 0. The molecule has 0 aliphatic rings. The van der Waals surface area contributed by atoms with Crippen LogP contribution in [0.2, 0.25) is 0 Å². The molecule has 0 radical (unpaired) electrons. The first-order chi connectivity index (χ1) is 8.14. The van der Waals surface area contributed by atoms with Crippen molar-refractivity contribution in [3.05, 3.63) is 18.3 Å². The van der Waals surface area contributed by atoms with Crippen molar-refractivity contribution in [1.82, 2.24) is 4.98 Å². The second kappa shape index (κ2) is 4.91. The van der Waals surface area contributed by atoms with E-state index in [-0.39, 0.29) is 5.82 Å². The number of alkyl halides is 6. The predicted molar refractivity (Wildman–Crippen MR) is 50.3 cm³/mol. The summed E-state index contributed by atoms with van der Waals surface area (Å²) in [6, 6.07) is 1.84. The van der Waals surface area contributed by atoms with Gasteiger partial charge in [0.25, 0.3) is 6.10 Å². The number of nitrogens with one attached hydrogen (secondary N) is 1. The minimum atomic E-state index is -5.54. The van der Waals surface area contributed by atoms with Crippen molar-refractivity contribution < 1.29 is 31.1 Å². The molecule has 0 saturated heterocycles. The average Bonchev–Trinajstić information content (AvgIpc) is 2.23. The van der Waals surface area contributed by atoms with E-state index in [1.54, 1.807) is 0 Å². The van der Waals surface area contributed by atoms with Crippen LogP contribution in [-0.4, -0.2) is 30.5 Å². The Hall–Kier alpha value is -1.67. The molecule has 1 N–H and O–H groups in total. The summed E-state index contributed by atoms with van der Waals surface area (Å²) >= 11 is 0. The molecule has 1 aromatic rings.